The molecule has 2 N–H and O–H groups in total. The summed E-state index contributed by atoms with van der Waals surface area (Å²) in [6.07, 6.45) is 4.45. The maximum Gasteiger partial charge on any atom is 0.280 e. The lowest BCUT2D eigenvalue weighted by molar-refractivity contribution is 0.0724. The van der Waals surface area contributed by atoms with Crippen LogP contribution in [0, 0.1) is 0 Å². The normalized spacial score (nSPS) is 16.9. The predicted octanol–water partition coefficient (Wildman–Crippen LogP) is 0.666. The highest BCUT2D eigenvalue weighted by atomic mass is 16.6. The predicted molar refractivity (Wildman–Crippen MR) is 53.1 cm³/mol. The number of nitrogens with zero attached hydrogens (tertiary/aromatic N) is 3. The largest absolute Gasteiger partial charge is 0.379 e. The molecule has 6 nitrogen and oxygen atoms in total. The number of amides is 1. The van der Waals surface area contributed by atoms with Crippen LogP contribution >= 0.6 is 0 Å². The Bertz CT molecular complexity index is 357. The molecule has 1 amide bonds. The minimum atomic E-state index is -0.208. The molecule has 82 valence electrons. The molecule has 0 bridgehead atoms. The fourth-order valence-corrected chi connectivity index (χ4v) is 1.97. The quantitative estimate of drug-likeness (QED) is 0.775. The molecule has 1 aromatic rings. The molecule has 0 radical (unpaired) electrons. The number of rotatable bonds is 2. The zero-order valence-corrected chi connectivity index (χ0v) is 8.64. The van der Waals surface area contributed by atoms with Crippen LogP contribution < -0.4 is 5.73 Å². The van der Waals surface area contributed by atoms with Crippen LogP contribution in [0.5, 0.6) is 0 Å². The number of nitrogen functional groups attached to an aromatic ring is 1. The molecule has 0 unspecified atom stereocenters. The van der Waals surface area contributed by atoms with Gasteiger partial charge in [-0.3, -0.25) is 4.79 Å². The van der Waals surface area contributed by atoms with Crippen molar-refractivity contribution in [1.29, 1.82) is 0 Å². The molecule has 0 atom stereocenters. The van der Waals surface area contributed by atoms with E-state index >= 15 is 0 Å². The third-order valence-electron chi connectivity index (χ3n) is 2.91. The number of carbonyl (C=O) groups is 1. The van der Waals surface area contributed by atoms with Gasteiger partial charge in [0.1, 0.15) is 0 Å². The van der Waals surface area contributed by atoms with Gasteiger partial charge in [-0.25, -0.2) is 4.63 Å². The number of anilines is 1. The van der Waals surface area contributed by atoms with Crippen LogP contribution in [0.4, 0.5) is 5.82 Å². The summed E-state index contributed by atoms with van der Waals surface area (Å²) in [4.78, 5) is 13.6. The van der Waals surface area contributed by atoms with Gasteiger partial charge >= 0.3 is 0 Å². The molecule has 2 rings (SSSR count). The second-order valence-corrected chi connectivity index (χ2v) is 3.85. The summed E-state index contributed by atoms with van der Waals surface area (Å²) in [7, 11) is 1.77. The van der Waals surface area contributed by atoms with Gasteiger partial charge < -0.3 is 10.6 Å². The highest BCUT2D eigenvalue weighted by Gasteiger charge is 2.27. The van der Waals surface area contributed by atoms with E-state index in [9.17, 15) is 4.79 Å². The molecule has 1 saturated carbocycles. The van der Waals surface area contributed by atoms with Gasteiger partial charge in [0, 0.05) is 13.1 Å². The Morgan fingerprint density at radius 1 is 1.47 bits per heavy atom. The van der Waals surface area contributed by atoms with Crippen LogP contribution in [0.3, 0.4) is 0 Å². The molecule has 1 fully saturated rings. The Labute approximate surface area is 87.4 Å². The van der Waals surface area contributed by atoms with Crippen molar-refractivity contribution in [1.82, 2.24) is 15.2 Å². The van der Waals surface area contributed by atoms with Crippen LogP contribution in [0.1, 0.15) is 36.2 Å². The summed E-state index contributed by atoms with van der Waals surface area (Å²) in [5.41, 5.74) is 5.58. The lowest BCUT2D eigenvalue weighted by atomic mass is 10.2. The Kier molecular flexibility index (Phi) is 2.57. The summed E-state index contributed by atoms with van der Waals surface area (Å²) in [6.45, 7) is 0. The molecule has 0 aliphatic heterocycles. The number of aromatic nitrogens is 2. The first-order valence-corrected chi connectivity index (χ1v) is 5.05. The van der Waals surface area contributed by atoms with Crippen molar-refractivity contribution in [2.45, 2.75) is 31.7 Å². The fourth-order valence-electron chi connectivity index (χ4n) is 1.97. The Morgan fingerprint density at radius 2 is 2.13 bits per heavy atom. The van der Waals surface area contributed by atoms with Crippen molar-refractivity contribution in [2.75, 3.05) is 12.8 Å². The Balaban J connectivity index is 2.10. The minimum Gasteiger partial charge on any atom is -0.379 e. The maximum atomic E-state index is 11.9. The second kappa shape index (κ2) is 3.88. The molecule has 0 spiro atoms. The van der Waals surface area contributed by atoms with E-state index in [-0.39, 0.29) is 17.4 Å². The van der Waals surface area contributed by atoms with Gasteiger partial charge in [0.05, 0.1) is 0 Å². The van der Waals surface area contributed by atoms with Crippen molar-refractivity contribution in [3.8, 4) is 0 Å². The van der Waals surface area contributed by atoms with E-state index in [0.717, 1.165) is 12.8 Å². The minimum absolute atomic E-state index is 0.0600. The topological polar surface area (TPSA) is 85.2 Å². The highest BCUT2D eigenvalue weighted by Crippen LogP contribution is 2.23. The zero-order chi connectivity index (χ0) is 10.8. The summed E-state index contributed by atoms with van der Waals surface area (Å²) in [6, 6.07) is 0.300. The average molecular weight is 210 g/mol. The second-order valence-electron chi connectivity index (χ2n) is 3.85. The van der Waals surface area contributed by atoms with E-state index in [0.29, 0.717) is 6.04 Å². The summed E-state index contributed by atoms with van der Waals surface area (Å²) < 4.78 is 4.41. The van der Waals surface area contributed by atoms with Crippen LogP contribution in [0.15, 0.2) is 4.63 Å². The maximum absolute atomic E-state index is 11.9. The molecule has 1 heterocycles. The highest BCUT2D eigenvalue weighted by molar-refractivity contribution is 5.96. The molecular weight excluding hydrogens is 196 g/mol. The van der Waals surface area contributed by atoms with Crippen LogP contribution in [-0.2, 0) is 0 Å². The van der Waals surface area contributed by atoms with E-state index in [1.807, 2.05) is 0 Å². The molecule has 0 saturated heterocycles. The third kappa shape index (κ3) is 1.79. The van der Waals surface area contributed by atoms with E-state index in [1.54, 1.807) is 11.9 Å². The Morgan fingerprint density at radius 3 is 2.67 bits per heavy atom. The number of carbonyl (C=O) groups excluding carboxylic acids is 1. The zero-order valence-electron chi connectivity index (χ0n) is 8.64. The first-order chi connectivity index (χ1) is 7.20. The first kappa shape index (κ1) is 9.95. The molecule has 15 heavy (non-hydrogen) atoms. The van der Waals surface area contributed by atoms with Crippen molar-refractivity contribution in [3.63, 3.8) is 0 Å². The summed E-state index contributed by atoms with van der Waals surface area (Å²) >= 11 is 0. The Hall–Kier alpha value is -1.59. The van der Waals surface area contributed by atoms with E-state index < -0.39 is 0 Å². The first-order valence-electron chi connectivity index (χ1n) is 5.05. The average Bonchev–Trinajstić information content (AvgIpc) is 2.85. The van der Waals surface area contributed by atoms with E-state index in [2.05, 4.69) is 14.9 Å². The smallest absolute Gasteiger partial charge is 0.280 e. The number of hydrogen-bond donors (Lipinski definition) is 1. The van der Waals surface area contributed by atoms with Gasteiger partial charge in [-0.1, -0.05) is 12.8 Å². The lowest BCUT2D eigenvalue weighted by Crippen LogP contribution is -2.35. The lowest BCUT2D eigenvalue weighted by Gasteiger charge is -2.22. The van der Waals surface area contributed by atoms with Crippen molar-refractivity contribution < 1.29 is 9.42 Å². The van der Waals surface area contributed by atoms with E-state index in [4.69, 9.17) is 5.73 Å². The standard InChI is InChI=1S/C9H14N4O2/c1-13(6-4-2-3-5-6)9(14)7-8(10)12-15-11-7/h6H,2-5H2,1H3,(H2,10,12). The van der Waals surface area contributed by atoms with Gasteiger partial charge in [-0.2, -0.15) is 0 Å². The van der Waals surface area contributed by atoms with Gasteiger partial charge in [0.25, 0.3) is 5.91 Å². The van der Waals surface area contributed by atoms with Crippen molar-refractivity contribution in [2.24, 2.45) is 0 Å². The van der Waals surface area contributed by atoms with Crippen LogP contribution in [-0.4, -0.2) is 34.2 Å². The van der Waals surface area contributed by atoms with Gasteiger partial charge in [0.2, 0.25) is 11.5 Å². The van der Waals surface area contributed by atoms with E-state index in [1.165, 1.54) is 12.8 Å². The van der Waals surface area contributed by atoms with Crippen molar-refractivity contribution >= 4 is 11.7 Å². The van der Waals surface area contributed by atoms with Gasteiger partial charge in [-0.05, 0) is 23.2 Å². The fraction of sp³-hybridized carbons (Fsp3) is 0.667. The van der Waals surface area contributed by atoms with Gasteiger partial charge in [0.15, 0.2) is 0 Å². The van der Waals surface area contributed by atoms with Crippen LogP contribution in [0.25, 0.3) is 0 Å². The molecule has 6 heteroatoms. The SMILES string of the molecule is CN(C(=O)c1nonc1N)C1CCCC1. The molecule has 1 aliphatic rings. The summed E-state index contributed by atoms with van der Waals surface area (Å²) in [5.74, 6) is -0.148. The number of hydrogen-bond acceptors (Lipinski definition) is 5. The van der Waals surface area contributed by atoms with Crippen LogP contribution in [0.2, 0.25) is 0 Å². The molecule has 1 aromatic heterocycles. The molecule has 1 aliphatic carbocycles. The summed E-state index contributed by atoms with van der Waals surface area (Å²) in [5, 5.41) is 6.90. The van der Waals surface area contributed by atoms with Crippen molar-refractivity contribution in [3.05, 3.63) is 5.69 Å². The number of nitrogens with two attached hydrogens (primary N) is 1. The third-order valence-corrected chi connectivity index (χ3v) is 2.91. The monoisotopic (exact) mass is 210 g/mol. The molecular formula is C9H14N4O2. The molecule has 0 aromatic carbocycles. The van der Waals surface area contributed by atoms with Gasteiger partial charge in [-0.15, -0.1) is 0 Å².